The number of nitrogens with zero attached hydrogens (tertiary/aromatic N) is 4. The summed E-state index contributed by atoms with van der Waals surface area (Å²) in [6.45, 7) is 3.38. The molecule has 2 aromatic heterocycles. The molecule has 3 heterocycles. The van der Waals surface area contributed by atoms with Crippen molar-refractivity contribution in [2.45, 2.75) is 25.4 Å². The highest BCUT2D eigenvalue weighted by Gasteiger charge is 2.21. The van der Waals surface area contributed by atoms with E-state index in [9.17, 15) is 0 Å². The highest BCUT2D eigenvalue weighted by Crippen LogP contribution is 2.17. The first-order valence-corrected chi connectivity index (χ1v) is 7.04. The zero-order valence-electron chi connectivity index (χ0n) is 11.8. The van der Waals surface area contributed by atoms with Crippen LogP contribution in [0.5, 0.6) is 0 Å². The number of imidazole rings is 1. The van der Waals surface area contributed by atoms with E-state index >= 15 is 0 Å². The Hall–Kier alpha value is -1.39. The molecule has 4 nitrogen and oxygen atoms in total. The Morgan fingerprint density at radius 3 is 3.11 bits per heavy atom. The third-order valence-electron chi connectivity index (χ3n) is 4.11. The second kappa shape index (κ2) is 5.31. The van der Waals surface area contributed by atoms with E-state index < -0.39 is 0 Å². The van der Waals surface area contributed by atoms with Crippen LogP contribution in [0.2, 0.25) is 0 Å². The molecule has 2 aromatic rings. The normalized spacial score (nSPS) is 21.3. The number of aromatic nitrogens is 2. The molecule has 0 aromatic carbocycles. The molecule has 1 aliphatic rings. The predicted octanol–water partition coefficient (Wildman–Crippen LogP) is 1.86. The molecule has 1 fully saturated rings. The van der Waals surface area contributed by atoms with E-state index in [2.05, 4.69) is 57.7 Å². The van der Waals surface area contributed by atoms with E-state index in [0.29, 0.717) is 6.04 Å². The highest BCUT2D eigenvalue weighted by atomic mass is 15.2. The van der Waals surface area contributed by atoms with Crippen molar-refractivity contribution in [2.24, 2.45) is 0 Å². The molecular formula is C15H22N4. The van der Waals surface area contributed by atoms with Crippen molar-refractivity contribution in [3.05, 3.63) is 36.3 Å². The van der Waals surface area contributed by atoms with Crippen LogP contribution >= 0.6 is 0 Å². The van der Waals surface area contributed by atoms with Crippen molar-refractivity contribution in [1.29, 1.82) is 0 Å². The summed E-state index contributed by atoms with van der Waals surface area (Å²) >= 11 is 0. The van der Waals surface area contributed by atoms with Crippen molar-refractivity contribution < 1.29 is 0 Å². The third-order valence-corrected chi connectivity index (χ3v) is 4.11. The fraction of sp³-hybridized carbons (Fsp3) is 0.533. The van der Waals surface area contributed by atoms with Crippen molar-refractivity contribution in [2.75, 3.05) is 27.2 Å². The van der Waals surface area contributed by atoms with Gasteiger partial charge in [-0.05, 0) is 45.6 Å². The lowest BCUT2D eigenvalue weighted by atomic mass is 10.0. The summed E-state index contributed by atoms with van der Waals surface area (Å²) in [5, 5.41) is 0. The summed E-state index contributed by atoms with van der Waals surface area (Å²) in [5.74, 6) is 0. The average molecular weight is 258 g/mol. The van der Waals surface area contributed by atoms with Crippen molar-refractivity contribution in [3.63, 3.8) is 0 Å². The minimum atomic E-state index is 0.691. The Kier molecular flexibility index (Phi) is 3.53. The van der Waals surface area contributed by atoms with E-state index in [1.54, 1.807) is 0 Å². The molecule has 1 saturated heterocycles. The quantitative estimate of drug-likeness (QED) is 0.839. The summed E-state index contributed by atoms with van der Waals surface area (Å²) < 4.78 is 2.19. The summed E-state index contributed by atoms with van der Waals surface area (Å²) in [4.78, 5) is 9.26. The zero-order chi connectivity index (χ0) is 13.2. The van der Waals surface area contributed by atoms with Crippen LogP contribution in [0.1, 0.15) is 18.5 Å². The zero-order valence-corrected chi connectivity index (χ0v) is 11.8. The number of rotatable bonds is 3. The number of likely N-dealkylation sites (N-methyl/N-ethyl adjacent to an activating group) is 1. The highest BCUT2D eigenvalue weighted by molar-refractivity contribution is 5.39. The van der Waals surface area contributed by atoms with Gasteiger partial charge < -0.3 is 9.30 Å². The number of likely N-dealkylation sites (tertiary alicyclic amines) is 1. The number of hydrogen-bond donors (Lipinski definition) is 0. The summed E-state index contributed by atoms with van der Waals surface area (Å²) in [7, 11) is 4.37. The molecule has 0 saturated carbocycles. The van der Waals surface area contributed by atoms with E-state index in [1.165, 1.54) is 25.1 Å². The van der Waals surface area contributed by atoms with Crippen LogP contribution in [0.15, 0.2) is 30.6 Å². The Morgan fingerprint density at radius 1 is 1.37 bits per heavy atom. The number of fused-ring (bicyclic) bond motifs is 1. The van der Waals surface area contributed by atoms with Gasteiger partial charge in [0.1, 0.15) is 5.65 Å². The maximum absolute atomic E-state index is 4.35. The first-order valence-electron chi connectivity index (χ1n) is 7.04. The molecule has 19 heavy (non-hydrogen) atoms. The lowest BCUT2D eigenvalue weighted by Gasteiger charge is -2.36. The minimum absolute atomic E-state index is 0.691. The van der Waals surface area contributed by atoms with Gasteiger partial charge in [0, 0.05) is 37.2 Å². The van der Waals surface area contributed by atoms with E-state index in [4.69, 9.17) is 0 Å². The smallest absolute Gasteiger partial charge is 0.136 e. The molecule has 4 heteroatoms. The molecule has 102 valence electrons. The van der Waals surface area contributed by atoms with Gasteiger partial charge in [0.15, 0.2) is 0 Å². The number of hydrogen-bond acceptors (Lipinski definition) is 3. The molecule has 0 bridgehead atoms. The van der Waals surface area contributed by atoms with E-state index in [-0.39, 0.29) is 0 Å². The topological polar surface area (TPSA) is 23.8 Å². The molecule has 1 aliphatic heterocycles. The van der Waals surface area contributed by atoms with Gasteiger partial charge in [0.2, 0.25) is 0 Å². The lowest BCUT2D eigenvalue weighted by molar-refractivity contribution is 0.126. The molecular weight excluding hydrogens is 236 g/mol. The van der Waals surface area contributed by atoms with Gasteiger partial charge in [-0.3, -0.25) is 4.90 Å². The Labute approximate surface area is 114 Å². The Bertz CT molecular complexity index is 546. The summed E-state index contributed by atoms with van der Waals surface area (Å²) in [6, 6.07) is 7.05. The number of piperidine rings is 1. The summed E-state index contributed by atoms with van der Waals surface area (Å²) in [5.41, 5.74) is 2.37. The van der Waals surface area contributed by atoms with Gasteiger partial charge in [-0.25, -0.2) is 4.98 Å². The van der Waals surface area contributed by atoms with Crippen LogP contribution in [0.4, 0.5) is 0 Å². The first-order chi connectivity index (χ1) is 9.24. The second-order valence-electron chi connectivity index (χ2n) is 5.67. The molecule has 0 N–H and O–H groups in total. The maximum Gasteiger partial charge on any atom is 0.136 e. The predicted molar refractivity (Wildman–Crippen MR) is 77.2 cm³/mol. The molecule has 1 unspecified atom stereocenters. The van der Waals surface area contributed by atoms with Gasteiger partial charge in [0.25, 0.3) is 0 Å². The van der Waals surface area contributed by atoms with Crippen molar-refractivity contribution >= 4 is 5.65 Å². The molecule has 0 amide bonds. The van der Waals surface area contributed by atoms with Crippen LogP contribution in [-0.2, 0) is 6.54 Å². The molecule has 0 radical (unpaired) electrons. The maximum atomic E-state index is 4.35. The van der Waals surface area contributed by atoms with Gasteiger partial charge in [-0.2, -0.15) is 0 Å². The van der Waals surface area contributed by atoms with Crippen LogP contribution < -0.4 is 0 Å². The van der Waals surface area contributed by atoms with Crippen LogP contribution in [0, 0.1) is 0 Å². The van der Waals surface area contributed by atoms with Gasteiger partial charge >= 0.3 is 0 Å². The Balaban J connectivity index is 1.75. The molecule has 0 aliphatic carbocycles. The van der Waals surface area contributed by atoms with E-state index in [0.717, 1.165) is 18.7 Å². The van der Waals surface area contributed by atoms with Crippen LogP contribution in [-0.4, -0.2) is 52.4 Å². The Morgan fingerprint density at radius 2 is 2.26 bits per heavy atom. The van der Waals surface area contributed by atoms with Gasteiger partial charge in [-0.1, -0.05) is 6.07 Å². The molecule has 0 spiro atoms. The molecule has 3 rings (SSSR count). The minimum Gasteiger partial charge on any atom is -0.305 e. The van der Waals surface area contributed by atoms with Crippen LogP contribution in [0.25, 0.3) is 5.65 Å². The fourth-order valence-electron chi connectivity index (χ4n) is 2.96. The van der Waals surface area contributed by atoms with Crippen molar-refractivity contribution in [3.8, 4) is 0 Å². The standard InChI is InChI=1S/C15H22N4/c1-17(2)13-6-4-9-18(11-13)12-14-5-3-7-15-16-8-10-19(14)15/h3,5,7-8,10,13H,4,6,9,11-12H2,1-2H3. The monoisotopic (exact) mass is 258 g/mol. The summed E-state index contributed by atoms with van der Waals surface area (Å²) in [6.07, 6.45) is 6.54. The third kappa shape index (κ3) is 2.65. The lowest BCUT2D eigenvalue weighted by Crippen LogP contribution is -2.44. The SMILES string of the molecule is CN(C)C1CCCN(Cc2cccc3nccn23)C1. The van der Waals surface area contributed by atoms with Gasteiger partial charge in [0.05, 0.1) is 0 Å². The van der Waals surface area contributed by atoms with Crippen LogP contribution in [0.3, 0.4) is 0 Å². The fourth-order valence-corrected chi connectivity index (χ4v) is 2.96. The first kappa shape index (κ1) is 12.6. The second-order valence-corrected chi connectivity index (χ2v) is 5.67. The van der Waals surface area contributed by atoms with E-state index in [1.807, 2.05) is 6.20 Å². The van der Waals surface area contributed by atoms with Crippen molar-refractivity contribution in [1.82, 2.24) is 19.2 Å². The number of pyridine rings is 1. The molecule has 1 atom stereocenters. The average Bonchev–Trinajstić information content (AvgIpc) is 2.88. The van der Waals surface area contributed by atoms with Gasteiger partial charge in [-0.15, -0.1) is 0 Å². The largest absolute Gasteiger partial charge is 0.305 e.